The van der Waals surface area contributed by atoms with Crippen molar-refractivity contribution >= 4 is 58.9 Å². The summed E-state index contributed by atoms with van der Waals surface area (Å²) in [5.41, 5.74) is -3.95. The van der Waals surface area contributed by atoms with E-state index in [9.17, 15) is 53.1 Å². The summed E-state index contributed by atoms with van der Waals surface area (Å²) in [6, 6.07) is 4.08. The molecule has 0 saturated carbocycles. The number of carboxylic acids is 2. The molecule has 0 radical (unpaired) electrons. The Balaban J connectivity index is 0.000000215. The molecule has 0 saturated heterocycles. The minimum absolute atomic E-state index is 0.0134. The second-order valence-corrected chi connectivity index (χ2v) is 11.2. The van der Waals surface area contributed by atoms with E-state index < -0.39 is 81.6 Å². The molecule has 20 heteroatoms. The minimum Gasteiger partial charge on any atom is -0.478 e. The lowest BCUT2D eigenvalue weighted by Crippen LogP contribution is -2.25. The number of fused-ring (bicyclic) bond motifs is 6. The molecular weight excluding hydrogens is 744 g/mol. The maximum atomic E-state index is 12.6. The summed E-state index contributed by atoms with van der Waals surface area (Å²) in [6.45, 7) is 6.65. The number of esters is 4. The Labute approximate surface area is 311 Å². The number of hydrogen-bond donors (Lipinski definition) is 4. The molecule has 0 amide bonds. The van der Waals surface area contributed by atoms with Crippen LogP contribution in [-0.2, 0) is 18.9 Å². The van der Waals surface area contributed by atoms with Crippen molar-refractivity contribution < 1.29 is 77.1 Å². The van der Waals surface area contributed by atoms with Crippen LogP contribution in [0.1, 0.15) is 104 Å². The number of methoxy groups -OCH3 is 2. The van der Waals surface area contributed by atoms with E-state index in [1.54, 1.807) is 0 Å². The molecule has 4 aromatic rings. The third-order valence-corrected chi connectivity index (χ3v) is 7.86. The van der Waals surface area contributed by atoms with Gasteiger partial charge in [0.1, 0.15) is 47.4 Å². The number of hydrogen-bond acceptors (Lipinski definition) is 16. The highest BCUT2D eigenvalue weighted by Gasteiger charge is 2.40. The van der Waals surface area contributed by atoms with Crippen molar-refractivity contribution in [3.8, 4) is 22.5 Å². The third-order valence-electron chi connectivity index (χ3n) is 7.86. The second kappa shape index (κ2) is 15.4. The summed E-state index contributed by atoms with van der Waals surface area (Å²) in [5, 5.41) is 18.5. The Morgan fingerprint density at radius 2 is 1.04 bits per heavy atom. The average molecular weight is 769 g/mol. The molecular formula is C36H24N4O16. The van der Waals surface area contributed by atoms with Crippen molar-refractivity contribution in [2.24, 2.45) is 0 Å². The van der Waals surface area contributed by atoms with Crippen LogP contribution in [0.15, 0.2) is 49.6 Å². The number of Topliss-reactive ketones (excluding diaryl/α,β-unsaturated/α-hetero) is 4. The molecule has 0 unspecified atom stereocenters. The summed E-state index contributed by atoms with van der Waals surface area (Å²) < 4.78 is 19.1. The predicted octanol–water partition coefficient (Wildman–Crippen LogP) is 2.57. The molecule has 0 fully saturated rings. The molecule has 4 N–H and O–H groups in total. The fourth-order valence-electron chi connectivity index (χ4n) is 5.45. The lowest BCUT2D eigenvalue weighted by atomic mass is 9.88. The van der Waals surface area contributed by atoms with Crippen molar-refractivity contribution in [1.29, 1.82) is 0 Å². The number of pyridine rings is 2. The van der Waals surface area contributed by atoms with Gasteiger partial charge in [0, 0.05) is 11.1 Å². The largest absolute Gasteiger partial charge is 0.478 e. The predicted molar refractivity (Wildman–Crippen MR) is 183 cm³/mol. The van der Waals surface area contributed by atoms with Crippen LogP contribution in [0.25, 0.3) is 22.5 Å². The Bertz CT molecular complexity index is 2500. The van der Waals surface area contributed by atoms with Gasteiger partial charge in [-0.05, 0) is 24.3 Å². The summed E-state index contributed by atoms with van der Waals surface area (Å²) in [4.78, 5) is 134. The first-order valence-electron chi connectivity index (χ1n) is 15.5. The van der Waals surface area contributed by atoms with Crippen molar-refractivity contribution in [3.05, 3.63) is 106 Å². The zero-order valence-corrected chi connectivity index (χ0v) is 28.8. The van der Waals surface area contributed by atoms with Crippen LogP contribution in [0, 0.1) is 0 Å². The quantitative estimate of drug-likeness (QED) is 0.0779. The highest BCUT2D eigenvalue weighted by Crippen LogP contribution is 2.37. The van der Waals surface area contributed by atoms with Crippen LogP contribution in [-0.4, -0.2) is 117 Å². The van der Waals surface area contributed by atoms with Gasteiger partial charge in [0.05, 0.1) is 47.9 Å². The Morgan fingerprint density at radius 3 is 1.45 bits per heavy atom. The van der Waals surface area contributed by atoms with Crippen LogP contribution in [0.5, 0.6) is 0 Å². The van der Waals surface area contributed by atoms with Gasteiger partial charge < -0.3 is 39.1 Å². The van der Waals surface area contributed by atoms with Gasteiger partial charge in [-0.2, -0.15) is 0 Å². The molecule has 0 atom stereocenters. The number of carboxylic acid groups (broad SMARTS) is 2. The maximum Gasteiger partial charge on any atom is 0.356 e. The normalized spacial score (nSPS) is 12.0. The van der Waals surface area contributed by atoms with Crippen molar-refractivity contribution in [2.75, 3.05) is 27.4 Å². The van der Waals surface area contributed by atoms with Crippen LogP contribution < -0.4 is 0 Å². The number of aromatic carboxylic acids is 2. The summed E-state index contributed by atoms with van der Waals surface area (Å²) in [5.74, 6) is -10.8. The van der Waals surface area contributed by atoms with E-state index in [1.165, 1.54) is 12.2 Å². The summed E-state index contributed by atoms with van der Waals surface area (Å²) in [6.07, 6.45) is 2.68. The van der Waals surface area contributed by atoms with E-state index in [-0.39, 0.29) is 69.5 Å². The van der Waals surface area contributed by atoms with Crippen LogP contribution in [0.2, 0.25) is 0 Å². The second-order valence-electron chi connectivity index (χ2n) is 11.2. The van der Waals surface area contributed by atoms with Gasteiger partial charge in [0.2, 0.25) is 11.6 Å². The number of rotatable bonds is 10. The van der Waals surface area contributed by atoms with Gasteiger partial charge in [0.25, 0.3) is 11.6 Å². The average Bonchev–Trinajstić information content (AvgIpc) is 3.85. The van der Waals surface area contributed by atoms with E-state index in [2.05, 4.69) is 37.8 Å². The molecule has 0 bridgehead atoms. The smallest absolute Gasteiger partial charge is 0.356 e. The molecule has 4 heterocycles. The lowest BCUT2D eigenvalue weighted by Gasteiger charge is -2.17. The number of ketones is 4. The number of nitrogens with zero attached hydrogens (tertiary/aromatic N) is 2. The van der Waals surface area contributed by atoms with Crippen molar-refractivity contribution in [2.45, 2.75) is 0 Å². The molecule has 0 aliphatic heterocycles. The maximum absolute atomic E-state index is 12.6. The molecule has 4 aromatic heterocycles. The van der Waals surface area contributed by atoms with E-state index in [0.29, 0.717) is 0 Å². The number of ether oxygens (including phenoxy) is 4. The molecule has 56 heavy (non-hydrogen) atoms. The fourth-order valence-corrected chi connectivity index (χ4v) is 5.45. The van der Waals surface area contributed by atoms with Gasteiger partial charge in [-0.3, -0.25) is 19.2 Å². The Morgan fingerprint density at radius 1 is 0.607 bits per heavy atom. The molecule has 284 valence electrons. The number of H-pyrrole nitrogens is 2. The minimum atomic E-state index is -1.56. The molecule has 2 aliphatic carbocycles. The molecule has 0 spiro atoms. The van der Waals surface area contributed by atoms with E-state index >= 15 is 0 Å². The lowest BCUT2D eigenvalue weighted by molar-refractivity contribution is 0.0534. The summed E-state index contributed by atoms with van der Waals surface area (Å²) in [7, 11) is 2.20. The number of carbonyl (C=O) groups excluding carboxylic acids is 8. The SMILES string of the molecule is C=CCOC(=O)c1cc2c([nH]1)-c1c(C(=O)O)cc(C(=O)O)nc1C(=O)C2=O.C=CCOC(=O)c1cc2c([nH]1)-c1c(C(=O)OC)cc(C(=O)OC)nc1C(=O)C2=O. The molecule has 20 nitrogen and oxygen atoms in total. The van der Waals surface area contributed by atoms with E-state index in [1.807, 2.05) is 0 Å². The topological polar surface area (TPSA) is 305 Å². The number of carbonyl (C=O) groups is 10. The van der Waals surface area contributed by atoms with Gasteiger partial charge in [0.15, 0.2) is 0 Å². The van der Waals surface area contributed by atoms with Crippen molar-refractivity contribution in [1.82, 2.24) is 19.9 Å². The monoisotopic (exact) mass is 768 g/mol. The summed E-state index contributed by atoms with van der Waals surface area (Å²) >= 11 is 0. The van der Waals surface area contributed by atoms with Crippen LogP contribution in [0.4, 0.5) is 0 Å². The first-order chi connectivity index (χ1) is 26.6. The molecule has 0 aromatic carbocycles. The third kappa shape index (κ3) is 6.87. The Hall–Kier alpha value is -8.16. The highest BCUT2D eigenvalue weighted by atomic mass is 16.5. The number of aromatic nitrogens is 4. The first kappa shape index (κ1) is 39.1. The standard InChI is InChI=1S/C19H14N2O8.C17H10N2O8/c1-4-5-29-19(26)11-7-9-13(20-11)12-8(17(24)27-2)6-10(18(25)28-3)21-14(12)16(23)15(9)22;1-2-3-27-17(26)9-5-7-11(19-9)10-6(15(22)23)4-8(16(24)25)18-12(10)14(21)13(7)20/h4,6-7,20H,1,5H2,2-3H3;2,4-5,19H,1,3H2,(H,22,23)(H,24,25). The van der Waals surface area contributed by atoms with Gasteiger partial charge in [-0.15, -0.1) is 0 Å². The zero-order valence-electron chi connectivity index (χ0n) is 28.8. The van der Waals surface area contributed by atoms with Gasteiger partial charge in [-0.1, -0.05) is 25.3 Å². The molecule has 6 rings (SSSR count). The fraction of sp³-hybridized carbons (Fsp3) is 0.111. The number of nitrogens with one attached hydrogen (secondary N) is 2. The van der Waals surface area contributed by atoms with E-state index in [0.717, 1.165) is 38.5 Å². The van der Waals surface area contributed by atoms with Crippen LogP contribution in [0.3, 0.4) is 0 Å². The van der Waals surface area contributed by atoms with Crippen molar-refractivity contribution in [3.63, 3.8) is 0 Å². The van der Waals surface area contributed by atoms with Crippen LogP contribution >= 0.6 is 0 Å². The highest BCUT2D eigenvalue weighted by molar-refractivity contribution is 6.53. The van der Waals surface area contributed by atoms with Gasteiger partial charge in [-0.25, -0.2) is 38.7 Å². The van der Waals surface area contributed by atoms with Gasteiger partial charge >= 0.3 is 35.8 Å². The van der Waals surface area contributed by atoms with E-state index in [4.69, 9.17) is 19.3 Å². The Kier molecular flexibility index (Phi) is 10.8. The first-order valence-corrected chi connectivity index (χ1v) is 15.5. The zero-order chi connectivity index (χ0) is 41.2. The number of aromatic amines is 2. The molecule has 2 aliphatic rings.